The van der Waals surface area contributed by atoms with Gasteiger partial charge in [0, 0.05) is 27.4 Å². The van der Waals surface area contributed by atoms with Crippen LogP contribution in [0.2, 0.25) is 0 Å². The van der Waals surface area contributed by atoms with Gasteiger partial charge in [-0.25, -0.2) is 0 Å². The van der Waals surface area contributed by atoms with Gasteiger partial charge in [0.05, 0.1) is 6.61 Å². The second-order valence-corrected chi connectivity index (χ2v) is 5.64. The van der Waals surface area contributed by atoms with Crippen molar-refractivity contribution < 1.29 is 14.6 Å². The van der Waals surface area contributed by atoms with Crippen LogP contribution in [0.4, 0.5) is 5.69 Å². The lowest BCUT2D eigenvalue weighted by Gasteiger charge is -2.18. The minimum atomic E-state index is -0.946. The van der Waals surface area contributed by atoms with Gasteiger partial charge in [-0.2, -0.15) is 0 Å². The number of hydrogen-bond donors (Lipinski definition) is 1. The molecular formula is C16H24NO3+. The lowest BCUT2D eigenvalue weighted by atomic mass is 10.0. The highest BCUT2D eigenvalue weighted by Gasteiger charge is 2.17. The molecular weight excluding hydrogens is 254 g/mol. The molecule has 0 heterocycles. The molecule has 0 radical (unpaired) electrons. The molecule has 1 aliphatic carbocycles. The Morgan fingerprint density at radius 3 is 2.65 bits per heavy atom. The lowest BCUT2D eigenvalue weighted by Crippen LogP contribution is -2.13. The molecule has 0 bridgehead atoms. The van der Waals surface area contributed by atoms with Crippen molar-refractivity contribution in [1.82, 2.24) is 0 Å². The average molecular weight is 278 g/mol. The first kappa shape index (κ1) is 15.1. The number of ether oxygens (including phenoxy) is 1. The molecule has 0 amide bonds. The third-order valence-electron chi connectivity index (χ3n) is 3.98. The summed E-state index contributed by atoms with van der Waals surface area (Å²) in [7, 11) is 1.44. The monoisotopic (exact) mass is 278 g/mol. The Morgan fingerprint density at radius 1 is 1.30 bits per heavy atom. The van der Waals surface area contributed by atoms with Crippen LogP contribution >= 0.6 is 0 Å². The molecule has 0 aromatic heterocycles. The van der Waals surface area contributed by atoms with Crippen molar-refractivity contribution in [2.75, 3.05) is 13.7 Å². The minimum Gasteiger partial charge on any atom is -0.364 e. The van der Waals surface area contributed by atoms with E-state index in [2.05, 4.69) is 0 Å². The lowest BCUT2D eigenvalue weighted by molar-refractivity contribution is -0.428. The van der Waals surface area contributed by atoms with Crippen molar-refractivity contribution in [1.29, 1.82) is 0 Å². The summed E-state index contributed by atoms with van der Waals surface area (Å²) in [4.78, 5) is 11.3. The predicted molar refractivity (Wildman–Crippen MR) is 77.8 cm³/mol. The van der Waals surface area contributed by atoms with Crippen LogP contribution in [0.25, 0.3) is 0 Å². The van der Waals surface area contributed by atoms with E-state index in [0.29, 0.717) is 23.8 Å². The van der Waals surface area contributed by atoms with Gasteiger partial charge in [-0.3, -0.25) is 0 Å². The van der Waals surface area contributed by atoms with Crippen molar-refractivity contribution in [3.05, 3.63) is 34.7 Å². The first-order chi connectivity index (χ1) is 9.66. The maximum Gasteiger partial charge on any atom is 0.256 e. The summed E-state index contributed by atoms with van der Waals surface area (Å²) < 4.78 is 6.37. The highest BCUT2D eigenvalue weighted by molar-refractivity contribution is 5.34. The number of aliphatic hydroxyl groups is 1. The van der Waals surface area contributed by atoms with Crippen LogP contribution in [0.3, 0.4) is 0 Å². The van der Waals surface area contributed by atoms with Gasteiger partial charge in [0.1, 0.15) is 0 Å². The molecule has 1 aromatic rings. The van der Waals surface area contributed by atoms with E-state index >= 15 is 0 Å². The topological polar surface area (TPSA) is 49.5 Å². The van der Waals surface area contributed by atoms with Crippen LogP contribution in [-0.4, -0.2) is 23.5 Å². The van der Waals surface area contributed by atoms with Gasteiger partial charge in [-0.15, -0.1) is 0 Å². The molecule has 2 rings (SSSR count). The molecule has 1 atom stereocenters. The standard InChI is InChI=1S/C16H24NO3/c1-17(19)15-10-6-9-14(11-15)16(18)20-12-13-7-4-2-3-5-8-13/h6,9-11,13,16,18H,2-5,7-8,12H2,1H3/q+1. The number of benzene rings is 1. The Balaban J connectivity index is 1.89. The van der Waals surface area contributed by atoms with Gasteiger partial charge >= 0.3 is 0 Å². The first-order valence-corrected chi connectivity index (χ1v) is 7.47. The van der Waals surface area contributed by atoms with E-state index in [0.717, 1.165) is 4.76 Å². The molecule has 4 heteroatoms. The maximum absolute atomic E-state index is 11.3. The highest BCUT2D eigenvalue weighted by atomic mass is 16.6. The van der Waals surface area contributed by atoms with E-state index in [4.69, 9.17) is 4.74 Å². The Labute approximate surface area is 120 Å². The van der Waals surface area contributed by atoms with Gasteiger partial charge in [0.15, 0.2) is 13.3 Å². The quantitative estimate of drug-likeness (QED) is 0.507. The van der Waals surface area contributed by atoms with Gasteiger partial charge in [-0.05, 0) is 18.8 Å². The van der Waals surface area contributed by atoms with Gasteiger partial charge in [0.25, 0.3) is 5.69 Å². The van der Waals surface area contributed by atoms with Gasteiger partial charge < -0.3 is 9.84 Å². The third kappa shape index (κ3) is 4.39. The molecule has 1 unspecified atom stereocenters. The van der Waals surface area contributed by atoms with Crippen LogP contribution < -0.4 is 0 Å². The largest absolute Gasteiger partial charge is 0.364 e. The summed E-state index contributed by atoms with van der Waals surface area (Å²) in [5.74, 6) is 0.553. The zero-order chi connectivity index (χ0) is 14.4. The number of rotatable bonds is 5. The van der Waals surface area contributed by atoms with Crippen molar-refractivity contribution in [2.24, 2.45) is 5.92 Å². The molecule has 1 aliphatic rings. The Kier molecular flexibility index (Phi) is 5.68. The molecule has 1 fully saturated rings. The van der Waals surface area contributed by atoms with Crippen LogP contribution in [-0.2, 0) is 4.74 Å². The first-order valence-electron chi connectivity index (χ1n) is 7.47. The van der Waals surface area contributed by atoms with E-state index < -0.39 is 6.29 Å². The molecule has 1 aromatic carbocycles. The predicted octanol–water partition coefficient (Wildman–Crippen LogP) is 3.70. The molecule has 20 heavy (non-hydrogen) atoms. The summed E-state index contributed by atoms with van der Waals surface area (Å²) in [6.07, 6.45) is 6.60. The summed E-state index contributed by atoms with van der Waals surface area (Å²) in [5.41, 5.74) is 1.17. The third-order valence-corrected chi connectivity index (χ3v) is 3.98. The van der Waals surface area contributed by atoms with E-state index in [1.54, 1.807) is 24.3 Å². The number of aliphatic hydroxyl groups excluding tert-OH is 1. The molecule has 0 aliphatic heterocycles. The number of nitroso groups, excluding NO2 is 1. The van der Waals surface area contributed by atoms with Crippen molar-refractivity contribution >= 4 is 5.69 Å². The highest BCUT2D eigenvalue weighted by Crippen LogP contribution is 2.25. The van der Waals surface area contributed by atoms with Crippen molar-refractivity contribution in [3.63, 3.8) is 0 Å². The van der Waals surface area contributed by atoms with E-state index in [9.17, 15) is 10.0 Å². The Hall–Kier alpha value is -1.26. The molecule has 0 saturated heterocycles. The molecule has 110 valence electrons. The molecule has 4 nitrogen and oxygen atoms in total. The zero-order valence-electron chi connectivity index (χ0n) is 12.1. The second-order valence-electron chi connectivity index (χ2n) is 5.64. The van der Waals surface area contributed by atoms with Crippen LogP contribution in [0, 0.1) is 10.8 Å². The fourth-order valence-corrected chi connectivity index (χ4v) is 2.73. The van der Waals surface area contributed by atoms with Crippen LogP contribution in [0.5, 0.6) is 0 Å². The smallest absolute Gasteiger partial charge is 0.256 e. The fraction of sp³-hybridized carbons (Fsp3) is 0.625. The second kappa shape index (κ2) is 7.50. The zero-order valence-corrected chi connectivity index (χ0v) is 12.1. The fourth-order valence-electron chi connectivity index (χ4n) is 2.73. The van der Waals surface area contributed by atoms with E-state index in [-0.39, 0.29) is 0 Å². The molecule has 1 N–H and O–H groups in total. The summed E-state index contributed by atoms with van der Waals surface area (Å²) in [6, 6.07) is 6.93. The number of hydrogen-bond acceptors (Lipinski definition) is 3. The summed E-state index contributed by atoms with van der Waals surface area (Å²) in [5, 5.41) is 10.1. The van der Waals surface area contributed by atoms with Crippen LogP contribution in [0.1, 0.15) is 50.4 Å². The molecule has 0 spiro atoms. The SMILES string of the molecule is C[N+](=O)c1cccc(C(O)OCC2CCCCCC2)c1. The van der Waals surface area contributed by atoms with Crippen molar-refractivity contribution in [2.45, 2.75) is 44.8 Å². The average Bonchev–Trinajstić information content (AvgIpc) is 2.73. The van der Waals surface area contributed by atoms with Gasteiger partial charge in [0.2, 0.25) is 0 Å². The molecule has 1 saturated carbocycles. The summed E-state index contributed by atoms with van der Waals surface area (Å²) in [6.45, 7) is 0.596. The maximum atomic E-state index is 11.3. The Morgan fingerprint density at radius 2 is 2.00 bits per heavy atom. The van der Waals surface area contributed by atoms with Crippen LogP contribution in [0.15, 0.2) is 24.3 Å². The van der Waals surface area contributed by atoms with E-state index in [1.165, 1.54) is 45.6 Å². The number of nitrogens with zero attached hydrogens (tertiary/aromatic N) is 1. The van der Waals surface area contributed by atoms with E-state index in [1.807, 2.05) is 0 Å². The Bertz CT molecular complexity index is 439. The van der Waals surface area contributed by atoms with Gasteiger partial charge in [-0.1, -0.05) is 37.8 Å². The normalized spacial score (nSPS) is 18.5. The van der Waals surface area contributed by atoms with Crippen molar-refractivity contribution in [3.8, 4) is 0 Å². The summed E-state index contributed by atoms with van der Waals surface area (Å²) >= 11 is 0. The minimum absolute atomic E-state index is 0.527.